The molecular formula is C15H32N2O. The molecule has 1 rings (SSSR count). The first-order valence-corrected chi connectivity index (χ1v) is 7.67. The Morgan fingerprint density at radius 2 is 2.00 bits per heavy atom. The van der Waals surface area contributed by atoms with Crippen molar-refractivity contribution in [2.24, 2.45) is 5.92 Å². The highest BCUT2D eigenvalue weighted by Crippen LogP contribution is 2.17. The Hall–Kier alpha value is -0.120. The summed E-state index contributed by atoms with van der Waals surface area (Å²) in [7, 11) is 0. The van der Waals surface area contributed by atoms with Crippen molar-refractivity contribution in [2.45, 2.75) is 65.6 Å². The van der Waals surface area contributed by atoms with E-state index in [1.807, 2.05) is 0 Å². The molecule has 1 aliphatic rings. The quantitative estimate of drug-likeness (QED) is 0.757. The number of hydrogen-bond donors (Lipinski definition) is 1. The van der Waals surface area contributed by atoms with Crippen LogP contribution in [0, 0.1) is 5.92 Å². The predicted molar refractivity (Wildman–Crippen MR) is 78.0 cm³/mol. The number of nitrogens with one attached hydrogen (secondary N) is 1. The molecule has 1 heterocycles. The predicted octanol–water partition coefficient (Wildman–Crippen LogP) is 2.51. The molecule has 0 bridgehead atoms. The lowest BCUT2D eigenvalue weighted by Gasteiger charge is -2.43. The van der Waals surface area contributed by atoms with E-state index >= 15 is 0 Å². The molecule has 0 radical (unpaired) electrons. The molecule has 1 aliphatic heterocycles. The molecule has 0 amide bonds. The fourth-order valence-corrected chi connectivity index (χ4v) is 2.98. The molecule has 1 N–H and O–H groups in total. The lowest BCUT2D eigenvalue weighted by molar-refractivity contribution is 0.00986. The average Bonchev–Trinajstić information content (AvgIpc) is 2.29. The van der Waals surface area contributed by atoms with Crippen LogP contribution in [-0.4, -0.2) is 49.3 Å². The molecule has 0 aromatic carbocycles. The highest BCUT2D eigenvalue weighted by atomic mass is 16.5. The Morgan fingerprint density at radius 3 is 2.56 bits per heavy atom. The van der Waals surface area contributed by atoms with Crippen molar-refractivity contribution >= 4 is 0 Å². The zero-order valence-electron chi connectivity index (χ0n) is 12.9. The van der Waals surface area contributed by atoms with Gasteiger partial charge in [0.25, 0.3) is 0 Å². The van der Waals surface area contributed by atoms with Gasteiger partial charge in [-0.05, 0) is 26.2 Å². The first-order chi connectivity index (χ1) is 8.58. The molecule has 3 atom stereocenters. The number of nitrogens with zero attached hydrogens (tertiary/aromatic N) is 1. The van der Waals surface area contributed by atoms with E-state index in [1.165, 1.54) is 19.4 Å². The Morgan fingerprint density at radius 1 is 1.28 bits per heavy atom. The topological polar surface area (TPSA) is 24.5 Å². The minimum atomic E-state index is 0.344. The summed E-state index contributed by atoms with van der Waals surface area (Å²) in [6.45, 7) is 15.4. The van der Waals surface area contributed by atoms with E-state index in [4.69, 9.17) is 4.74 Å². The van der Waals surface area contributed by atoms with Crippen LogP contribution in [-0.2, 0) is 4.74 Å². The monoisotopic (exact) mass is 256 g/mol. The number of rotatable bonds is 7. The van der Waals surface area contributed by atoms with Crippen LogP contribution in [0.3, 0.4) is 0 Å². The third-order valence-electron chi connectivity index (χ3n) is 3.89. The fourth-order valence-electron chi connectivity index (χ4n) is 2.98. The fraction of sp³-hybridized carbons (Fsp3) is 1.00. The largest absolute Gasteiger partial charge is 0.377 e. The van der Waals surface area contributed by atoms with Crippen LogP contribution in [0.4, 0.5) is 0 Å². The second-order valence-corrected chi connectivity index (χ2v) is 5.93. The molecule has 3 heteroatoms. The van der Waals surface area contributed by atoms with Crippen molar-refractivity contribution in [3.8, 4) is 0 Å². The number of piperazine rings is 1. The van der Waals surface area contributed by atoms with Gasteiger partial charge in [0.15, 0.2) is 0 Å². The van der Waals surface area contributed by atoms with E-state index < -0.39 is 0 Å². The third-order valence-corrected chi connectivity index (χ3v) is 3.89. The van der Waals surface area contributed by atoms with Crippen LogP contribution in [0.15, 0.2) is 0 Å². The lowest BCUT2D eigenvalue weighted by Crippen LogP contribution is -2.59. The highest BCUT2D eigenvalue weighted by Gasteiger charge is 2.30. The van der Waals surface area contributed by atoms with Crippen molar-refractivity contribution in [1.82, 2.24) is 10.2 Å². The normalized spacial score (nSPS) is 27.7. The molecule has 0 aliphatic carbocycles. The minimum absolute atomic E-state index is 0.344. The lowest BCUT2D eigenvalue weighted by atomic mass is 9.96. The Bertz CT molecular complexity index is 219. The Kier molecular flexibility index (Phi) is 7.20. The summed E-state index contributed by atoms with van der Waals surface area (Å²) in [5.41, 5.74) is 0. The molecule has 0 aromatic rings. The second kappa shape index (κ2) is 8.13. The van der Waals surface area contributed by atoms with Gasteiger partial charge < -0.3 is 10.1 Å². The van der Waals surface area contributed by atoms with Gasteiger partial charge >= 0.3 is 0 Å². The Labute approximate surface area is 113 Å². The van der Waals surface area contributed by atoms with Gasteiger partial charge in [-0.3, -0.25) is 4.90 Å². The molecule has 18 heavy (non-hydrogen) atoms. The second-order valence-electron chi connectivity index (χ2n) is 5.93. The summed E-state index contributed by atoms with van der Waals surface area (Å²) >= 11 is 0. The zero-order chi connectivity index (χ0) is 13.5. The maximum atomic E-state index is 5.71. The summed E-state index contributed by atoms with van der Waals surface area (Å²) in [4.78, 5) is 2.64. The van der Waals surface area contributed by atoms with Gasteiger partial charge in [0, 0.05) is 38.3 Å². The van der Waals surface area contributed by atoms with Gasteiger partial charge in [-0.15, -0.1) is 0 Å². The molecule has 1 saturated heterocycles. The molecule has 3 unspecified atom stereocenters. The van der Waals surface area contributed by atoms with Crippen molar-refractivity contribution in [1.29, 1.82) is 0 Å². The molecule has 108 valence electrons. The van der Waals surface area contributed by atoms with Crippen molar-refractivity contribution in [2.75, 3.05) is 26.2 Å². The standard InChI is InChI=1S/C15H32N2O/c1-6-8-14-11-17(10-13(5)18-7-2)15(9-16-14)12(3)4/h12-16H,6-11H2,1-5H3. The van der Waals surface area contributed by atoms with Crippen molar-refractivity contribution < 1.29 is 4.74 Å². The Balaban J connectivity index is 2.54. The smallest absolute Gasteiger partial charge is 0.0673 e. The maximum absolute atomic E-state index is 5.71. The maximum Gasteiger partial charge on any atom is 0.0673 e. The van der Waals surface area contributed by atoms with E-state index in [-0.39, 0.29) is 0 Å². The van der Waals surface area contributed by atoms with Gasteiger partial charge in [-0.25, -0.2) is 0 Å². The van der Waals surface area contributed by atoms with Crippen LogP contribution >= 0.6 is 0 Å². The third kappa shape index (κ3) is 4.87. The van der Waals surface area contributed by atoms with Crippen LogP contribution in [0.25, 0.3) is 0 Å². The van der Waals surface area contributed by atoms with Gasteiger partial charge in [0.1, 0.15) is 0 Å². The van der Waals surface area contributed by atoms with Gasteiger partial charge in [-0.1, -0.05) is 27.2 Å². The zero-order valence-corrected chi connectivity index (χ0v) is 12.9. The van der Waals surface area contributed by atoms with Crippen LogP contribution in [0.2, 0.25) is 0 Å². The van der Waals surface area contributed by atoms with Crippen LogP contribution in [0.1, 0.15) is 47.5 Å². The average molecular weight is 256 g/mol. The number of hydrogen-bond acceptors (Lipinski definition) is 3. The summed E-state index contributed by atoms with van der Waals surface area (Å²) in [5, 5.41) is 3.70. The molecule has 0 aromatic heterocycles. The summed E-state index contributed by atoms with van der Waals surface area (Å²) in [5.74, 6) is 0.703. The SMILES string of the molecule is CCCC1CN(CC(C)OCC)C(C(C)C)CN1. The summed E-state index contributed by atoms with van der Waals surface area (Å²) in [6, 6.07) is 1.32. The highest BCUT2D eigenvalue weighted by molar-refractivity contribution is 4.88. The first-order valence-electron chi connectivity index (χ1n) is 7.67. The molecule has 0 spiro atoms. The van der Waals surface area contributed by atoms with Crippen LogP contribution < -0.4 is 5.32 Å². The van der Waals surface area contributed by atoms with Gasteiger partial charge in [0.2, 0.25) is 0 Å². The number of ether oxygens (including phenoxy) is 1. The molecular weight excluding hydrogens is 224 g/mol. The van der Waals surface area contributed by atoms with Crippen molar-refractivity contribution in [3.63, 3.8) is 0 Å². The summed E-state index contributed by atoms with van der Waals surface area (Å²) in [6.07, 6.45) is 2.89. The van der Waals surface area contributed by atoms with E-state index in [0.29, 0.717) is 24.1 Å². The van der Waals surface area contributed by atoms with Crippen molar-refractivity contribution in [3.05, 3.63) is 0 Å². The summed E-state index contributed by atoms with van der Waals surface area (Å²) < 4.78 is 5.71. The van der Waals surface area contributed by atoms with E-state index in [0.717, 1.165) is 19.7 Å². The first kappa shape index (κ1) is 15.9. The van der Waals surface area contributed by atoms with E-state index in [1.54, 1.807) is 0 Å². The van der Waals surface area contributed by atoms with Gasteiger partial charge in [-0.2, -0.15) is 0 Å². The molecule has 3 nitrogen and oxygen atoms in total. The van der Waals surface area contributed by atoms with Crippen LogP contribution in [0.5, 0.6) is 0 Å². The molecule has 1 fully saturated rings. The molecule has 0 saturated carbocycles. The van der Waals surface area contributed by atoms with Gasteiger partial charge in [0.05, 0.1) is 6.10 Å². The van der Waals surface area contributed by atoms with E-state index in [2.05, 4.69) is 44.8 Å². The van der Waals surface area contributed by atoms with E-state index in [9.17, 15) is 0 Å². The minimum Gasteiger partial charge on any atom is -0.377 e.